The van der Waals surface area contributed by atoms with Crippen molar-refractivity contribution < 1.29 is 9.72 Å². The van der Waals surface area contributed by atoms with Crippen LogP contribution >= 0.6 is 0 Å². The van der Waals surface area contributed by atoms with Gasteiger partial charge in [0, 0.05) is 56.7 Å². The molecule has 0 saturated carbocycles. The number of non-ortho nitro benzene ring substituents is 1. The van der Waals surface area contributed by atoms with Crippen molar-refractivity contribution in [1.82, 2.24) is 4.90 Å². The fourth-order valence-corrected chi connectivity index (χ4v) is 3.28. The van der Waals surface area contributed by atoms with E-state index < -0.39 is 4.92 Å². The number of nitro groups is 1. The van der Waals surface area contributed by atoms with Gasteiger partial charge in [-0.25, -0.2) is 0 Å². The molecule has 1 amide bonds. The molecule has 0 bridgehead atoms. The van der Waals surface area contributed by atoms with Gasteiger partial charge in [0.1, 0.15) is 0 Å². The number of hydrogen-bond acceptors (Lipinski definition) is 5. The molecule has 2 aromatic carbocycles. The van der Waals surface area contributed by atoms with Gasteiger partial charge in [-0.2, -0.15) is 0 Å². The lowest BCUT2D eigenvalue weighted by molar-refractivity contribution is -0.384. The summed E-state index contributed by atoms with van der Waals surface area (Å²) in [7, 11) is 1.70. The van der Waals surface area contributed by atoms with Crippen LogP contribution < -0.4 is 10.2 Å². The number of amides is 1. The summed E-state index contributed by atoms with van der Waals surface area (Å²) in [4.78, 5) is 27.5. The van der Waals surface area contributed by atoms with Gasteiger partial charge in [-0.05, 0) is 24.6 Å². The molecule has 7 heteroatoms. The number of nitro benzene ring substituents is 1. The molecule has 0 unspecified atom stereocenters. The molecule has 1 saturated heterocycles. The molecule has 0 aliphatic carbocycles. The van der Waals surface area contributed by atoms with Crippen LogP contribution in [-0.4, -0.2) is 49.0 Å². The first-order valence-corrected chi connectivity index (χ1v) is 8.57. The van der Waals surface area contributed by atoms with Crippen molar-refractivity contribution in [3.8, 4) is 0 Å². The zero-order valence-electron chi connectivity index (χ0n) is 14.9. The minimum absolute atomic E-state index is 0.0779. The third-order valence-corrected chi connectivity index (χ3v) is 4.74. The van der Waals surface area contributed by atoms with E-state index >= 15 is 0 Å². The number of hydrogen-bond donors (Lipinski definition) is 1. The normalized spacial score (nSPS) is 14.2. The molecule has 0 spiro atoms. The lowest BCUT2D eigenvalue weighted by Gasteiger charge is -2.37. The van der Waals surface area contributed by atoms with E-state index in [2.05, 4.69) is 29.3 Å². The van der Waals surface area contributed by atoms with E-state index in [1.54, 1.807) is 18.0 Å². The van der Waals surface area contributed by atoms with Gasteiger partial charge in [0.15, 0.2) is 0 Å². The minimum Gasteiger partial charge on any atom is -0.387 e. The summed E-state index contributed by atoms with van der Waals surface area (Å²) in [5, 5.41) is 14.0. The fourth-order valence-electron chi connectivity index (χ4n) is 3.28. The zero-order valence-corrected chi connectivity index (χ0v) is 14.9. The number of piperazine rings is 1. The Kier molecular flexibility index (Phi) is 5.06. The standard InChI is InChI=1S/C19H22N4O3/c1-14-5-3-4-6-18(14)21-9-11-22(12-10-21)19(24)16-13-15(23(25)26)7-8-17(16)20-2/h3-8,13,20H,9-12H2,1-2H3. The van der Waals surface area contributed by atoms with Gasteiger partial charge in [-0.15, -0.1) is 0 Å². The molecule has 1 aliphatic rings. The lowest BCUT2D eigenvalue weighted by Crippen LogP contribution is -2.49. The molecular formula is C19H22N4O3. The summed E-state index contributed by atoms with van der Waals surface area (Å²) in [5.41, 5.74) is 3.26. The molecular weight excluding hydrogens is 332 g/mol. The maximum atomic E-state index is 12.9. The average Bonchev–Trinajstić information content (AvgIpc) is 2.67. The van der Waals surface area contributed by atoms with Crippen molar-refractivity contribution in [2.24, 2.45) is 0 Å². The van der Waals surface area contributed by atoms with Gasteiger partial charge in [-0.3, -0.25) is 14.9 Å². The number of rotatable bonds is 4. The van der Waals surface area contributed by atoms with E-state index in [1.807, 2.05) is 12.1 Å². The highest BCUT2D eigenvalue weighted by atomic mass is 16.6. The highest BCUT2D eigenvalue weighted by molar-refractivity contribution is 6.00. The number of aryl methyl sites for hydroxylation is 1. The molecule has 0 atom stereocenters. The van der Waals surface area contributed by atoms with E-state index in [9.17, 15) is 14.9 Å². The number of benzene rings is 2. The highest BCUT2D eigenvalue weighted by Crippen LogP contribution is 2.25. The molecule has 1 N–H and O–H groups in total. The third-order valence-electron chi connectivity index (χ3n) is 4.74. The topological polar surface area (TPSA) is 78.7 Å². The van der Waals surface area contributed by atoms with Crippen molar-refractivity contribution in [1.29, 1.82) is 0 Å². The second-order valence-corrected chi connectivity index (χ2v) is 6.30. The Hall–Kier alpha value is -3.09. The van der Waals surface area contributed by atoms with E-state index in [1.165, 1.54) is 23.4 Å². The molecule has 3 rings (SSSR count). The maximum Gasteiger partial charge on any atom is 0.270 e. The quantitative estimate of drug-likeness (QED) is 0.675. The summed E-state index contributed by atoms with van der Waals surface area (Å²) in [6.07, 6.45) is 0. The van der Waals surface area contributed by atoms with Crippen LogP contribution in [0.2, 0.25) is 0 Å². The van der Waals surface area contributed by atoms with Crippen LogP contribution in [-0.2, 0) is 0 Å². The van der Waals surface area contributed by atoms with Crippen LogP contribution in [0.5, 0.6) is 0 Å². The molecule has 7 nitrogen and oxygen atoms in total. The van der Waals surface area contributed by atoms with Crippen molar-refractivity contribution in [2.45, 2.75) is 6.92 Å². The van der Waals surface area contributed by atoms with E-state index in [4.69, 9.17) is 0 Å². The van der Waals surface area contributed by atoms with E-state index in [-0.39, 0.29) is 11.6 Å². The number of carbonyl (C=O) groups is 1. The number of carbonyl (C=O) groups excluding carboxylic acids is 1. The van der Waals surface area contributed by atoms with E-state index in [0.717, 1.165) is 13.1 Å². The first kappa shape index (κ1) is 17.7. The molecule has 0 aromatic heterocycles. The van der Waals surface area contributed by atoms with Gasteiger partial charge in [-0.1, -0.05) is 18.2 Å². The Balaban J connectivity index is 1.75. The molecule has 1 aliphatic heterocycles. The molecule has 26 heavy (non-hydrogen) atoms. The summed E-state index contributed by atoms with van der Waals surface area (Å²) >= 11 is 0. The Bertz CT molecular complexity index is 829. The highest BCUT2D eigenvalue weighted by Gasteiger charge is 2.25. The summed E-state index contributed by atoms with van der Waals surface area (Å²) in [5.74, 6) is -0.178. The Morgan fingerprint density at radius 3 is 2.42 bits per heavy atom. The van der Waals surface area contributed by atoms with Crippen LogP contribution in [0.25, 0.3) is 0 Å². The van der Waals surface area contributed by atoms with Gasteiger partial charge in [0.05, 0.1) is 10.5 Å². The minimum atomic E-state index is -0.480. The zero-order chi connectivity index (χ0) is 18.7. The van der Waals surface area contributed by atoms with Crippen molar-refractivity contribution in [2.75, 3.05) is 43.4 Å². The first-order valence-electron chi connectivity index (χ1n) is 8.57. The monoisotopic (exact) mass is 354 g/mol. The Labute approximate surface area is 152 Å². The predicted octanol–water partition coefficient (Wildman–Crippen LogP) is 2.91. The van der Waals surface area contributed by atoms with Crippen molar-refractivity contribution >= 4 is 23.0 Å². The number of nitrogens with one attached hydrogen (secondary N) is 1. The number of para-hydroxylation sites is 1. The van der Waals surface area contributed by atoms with Gasteiger partial charge in [0.25, 0.3) is 11.6 Å². The van der Waals surface area contributed by atoms with Crippen LogP contribution in [0, 0.1) is 17.0 Å². The molecule has 1 heterocycles. The Morgan fingerprint density at radius 2 is 1.81 bits per heavy atom. The lowest BCUT2D eigenvalue weighted by atomic mass is 10.1. The van der Waals surface area contributed by atoms with Crippen molar-refractivity contribution in [3.63, 3.8) is 0 Å². The second-order valence-electron chi connectivity index (χ2n) is 6.30. The average molecular weight is 354 g/mol. The smallest absolute Gasteiger partial charge is 0.270 e. The van der Waals surface area contributed by atoms with Crippen molar-refractivity contribution in [3.05, 3.63) is 63.7 Å². The van der Waals surface area contributed by atoms with Crippen LogP contribution in [0.1, 0.15) is 15.9 Å². The summed E-state index contributed by atoms with van der Waals surface area (Å²) in [6, 6.07) is 12.5. The maximum absolute atomic E-state index is 12.9. The number of nitrogens with zero attached hydrogens (tertiary/aromatic N) is 3. The molecule has 136 valence electrons. The van der Waals surface area contributed by atoms with Crippen LogP contribution in [0.4, 0.5) is 17.1 Å². The van der Waals surface area contributed by atoms with Gasteiger partial charge >= 0.3 is 0 Å². The molecule has 0 radical (unpaired) electrons. The second kappa shape index (κ2) is 7.43. The van der Waals surface area contributed by atoms with E-state index in [0.29, 0.717) is 24.3 Å². The predicted molar refractivity (Wildman–Crippen MR) is 102 cm³/mol. The Morgan fingerprint density at radius 1 is 1.12 bits per heavy atom. The molecule has 2 aromatic rings. The summed E-state index contributed by atoms with van der Waals surface area (Å²) in [6.45, 7) is 4.72. The van der Waals surface area contributed by atoms with Gasteiger partial charge in [0.2, 0.25) is 0 Å². The third kappa shape index (κ3) is 3.46. The van der Waals surface area contributed by atoms with Crippen LogP contribution in [0.3, 0.4) is 0 Å². The largest absolute Gasteiger partial charge is 0.387 e. The van der Waals surface area contributed by atoms with Crippen LogP contribution in [0.15, 0.2) is 42.5 Å². The fraction of sp³-hybridized carbons (Fsp3) is 0.316. The molecule has 1 fully saturated rings. The SMILES string of the molecule is CNc1ccc([N+](=O)[O-])cc1C(=O)N1CCN(c2ccccc2C)CC1. The first-order chi connectivity index (χ1) is 12.5. The summed E-state index contributed by atoms with van der Waals surface area (Å²) < 4.78 is 0. The van der Waals surface area contributed by atoms with Gasteiger partial charge < -0.3 is 15.1 Å². The number of anilines is 2.